The zero-order chi connectivity index (χ0) is 12.1. The number of aromatic amines is 1. The molecule has 0 radical (unpaired) electrons. The van der Waals surface area contributed by atoms with E-state index in [1.165, 1.54) is 17.8 Å². The Bertz CT molecular complexity index is 389. The van der Waals surface area contributed by atoms with Crippen molar-refractivity contribution in [2.24, 2.45) is 0 Å². The fourth-order valence-electron chi connectivity index (χ4n) is 0.917. The summed E-state index contributed by atoms with van der Waals surface area (Å²) < 4.78 is 0. The molecule has 0 saturated carbocycles. The summed E-state index contributed by atoms with van der Waals surface area (Å²) in [6.07, 6.45) is 0. The number of hydrogen-bond acceptors (Lipinski definition) is 4. The van der Waals surface area contributed by atoms with Crippen LogP contribution in [0.4, 0.5) is 5.82 Å². The molecule has 0 spiro atoms. The first-order valence-corrected chi connectivity index (χ1v) is 5.74. The number of hydrogen-bond donors (Lipinski definition) is 3. The predicted octanol–water partition coefficient (Wildman–Crippen LogP) is 1.19. The number of aromatic nitrogens is 2. The maximum atomic E-state index is 11.4. The molecule has 0 bridgehead atoms. The number of anilines is 1. The highest BCUT2D eigenvalue weighted by atomic mass is 32.2. The van der Waals surface area contributed by atoms with E-state index < -0.39 is 5.97 Å². The minimum atomic E-state index is -1.11. The molecular formula is C9H13N3O3S. The first-order chi connectivity index (χ1) is 7.49. The second kappa shape index (κ2) is 5.55. The molecule has 0 aliphatic rings. The summed E-state index contributed by atoms with van der Waals surface area (Å²) in [7, 11) is 0. The van der Waals surface area contributed by atoms with Crippen LogP contribution in [0.15, 0.2) is 6.07 Å². The van der Waals surface area contributed by atoms with Gasteiger partial charge >= 0.3 is 5.97 Å². The van der Waals surface area contributed by atoms with Gasteiger partial charge in [0, 0.05) is 6.07 Å². The highest BCUT2D eigenvalue weighted by Gasteiger charge is 2.10. The van der Waals surface area contributed by atoms with Crippen molar-refractivity contribution in [3.63, 3.8) is 0 Å². The molecule has 16 heavy (non-hydrogen) atoms. The van der Waals surface area contributed by atoms with Gasteiger partial charge in [0.05, 0.1) is 5.75 Å². The Labute approximate surface area is 96.8 Å². The molecule has 0 saturated heterocycles. The fourth-order valence-corrected chi connectivity index (χ4v) is 1.47. The van der Waals surface area contributed by atoms with Crippen molar-refractivity contribution in [3.8, 4) is 0 Å². The first kappa shape index (κ1) is 12.6. The van der Waals surface area contributed by atoms with E-state index in [0.29, 0.717) is 11.0 Å². The van der Waals surface area contributed by atoms with E-state index in [9.17, 15) is 9.59 Å². The maximum Gasteiger partial charge on any atom is 0.353 e. The molecule has 0 aliphatic heterocycles. The molecule has 0 aromatic carbocycles. The third-order valence-corrected chi connectivity index (χ3v) is 2.72. The highest BCUT2D eigenvalue weighted by Crippen LogP contribution is 2.10. The second-order valence-electron chi connectivity index (χ2n) is 3.38. The van der Waals surface area contributed by atoms with Gasteiger partial charge in [0.2, 0.25) is 5.91 Å². The molecule has 88 valence electrons. The van der Waals surface area contributed by atoms with E-state index >= 15 is 0 Å². The smallest absolute Gasteiger partial charge is 0.353 e. The van der Waals surface area contributed by atoms with Crippen LogP contribution in [0.5, 0.6) is 0 Å². The Morgan fingerprint density at radius 2 is 2.31 bits per heavy atom. The third kappa shape index (κ3) is 3.93. The number of carbonyl (C=O) groups is 2. The van der Waals surface area contributed by atoms with Crippen LogP contribution in [-0.4, -0.2) is 38.2 Å². The van der Waals surface area contributed by atoms with Crippen LogP contribution in [0.25, 0.3) is 0 Å². The van der Waals surface area contributed by atoms with Gasteiger partial charge in [-0.25, -0.2) is 4.79 Å². The van der Waals surface area contributed by atoms with E-state index in [2.05, 4.69) is 15.5 Å². The summed E-state index contributed by atoms with van der Waals surface area (Å²) in [6.45, 7) is 3.99. The lowest BCUT2D eigenvalue weighted by Crippen LogP contribution is -2.15. The molecule has 0 atom stereocenters. The molecule has 1 rings (SSSR count). The Balaban J connectivity index is 2.46. The number of rotatable bonds is 5. The maximum absolute atomic E-state index is 11.4. The molecule has 1 heterocycles. The fraction of sp³-hybridized carbons (Fsp3) is 0.444. The van der Waals surface area contributed by atoms with Crippen molar-refractivity contribution in [2.75, 3.05) is 11.1 Å². The molecule has 6 nitrogen and oxygen atoms in total. The lowest BCUT2D eigenvalue weighted by atomic mass is 10.4. The Morgan fingerprint density at radius 3 is 2.81 bits per heavy atom. The number of amides is 1. The summed E-state index contributed by atoms with van der Waals surface area (Å²) in [5.74, 6) is -0.745. The van der Waals surface area contributed by atoms with Gasteiger partial charge in [0.15, 0.2) is 5.82 Å². The predicted molar refractivity (Wildman–Crippen MR) is 61.8 cm³/mol. The summed E-state index contributed by atoms with van der Waals surface area (Å²) in [6, 6.07) is 1.28. The van der Waals surface area contributed by atoms with Gasteiger partial charge in [-0.05, 0) is 5.25 Å². The van der Waals surface area contributed by atoms with Gasteiger partial charge in [0.1, 0.15) is 5.69 Å². The summed E-state index contributed by atoms with van der Waals surface area (Å²) >= 11 is 1.51. The topological polar surface area (TPSA) is 95.1 Å². The van der Waals surface area contributed by atoms with Crippen LogP contribution in [0.3, 0.4) is 0 Å². The monoisotopic (exact) mass is 243 g/mol. The average Bonchev–Trinajstić information content (AvgIpc) is 2.63. The third-order valence-electron chi connectivity index (χ3n) is 1.62. The first-order valence-electron chi connectivity index (χ1n) is 4.69. The molecule has 1 aromatic heterocycles. The van der Waals surface area contributed by atoms with Crippen molar-refractivity contribution in [2.45, 2.75) is 19.1 Å². The Morgan fingerprint density at radius 1 is 1.62 bits per heavy atom. The zero-order valence-corrected chi connectivity index (χ0v) is 9.80. The van der Waals surface area contributed by atoms with Crippen molar-refractivity contribution in [3.05, 3.63) is 11.8 Å². The number of nitrogens with zero attached hydrogens (tertiary/aromatic N) is 1. The Kier molecular flexibility index (Phi) is 4.36. The van der Waals surface area contributed by atoms with E-state index in [4.69, 9.17) is 5.11 Å². The number of thioether (sulfide) groups is 1. The Hall–Kier alpha value is -1.50. The molecule has 0 unspecified atom stereocenters. The summed E-state index contributed by atoms with van der Waals surface area (Å²) in [4.78, 5) is 21.9. The van der Waals surface area contributed by atoms with Gasteiger partial charge in [-0.2, -0.15) is 5.10 Å². The second-order valence-corrected chi connectivity index (χ2v) is 4.94. The molecule has 1 amide bonds. The van der Waals surface area contributed by atoms with Crippen LogP contribution >= 0.6 is 11.8 Å². The van der Waals surface area contributed by atoms with Crippen molar-refractivity contribution in [1.29, 1.82) is 0 Å². The van der Waals surface area contributed by atoms with Gasteiger partial charge in [-0.15, -0.1) is 11.8 Å². The van der Waals surface area contributed by atoms with Crippen LogP contribution in [0.2, 0.25) is 0 Å². The summed E-state index contributed by atoms with van der Waals surface area (Å²) in [5.41, 5.74) is -0.0492. The highest BCUT2D eigenvalue weighted by molar-refractivity contribution is 8.00. The number of nitrogens with one attached hydrogen (secondary N) is 2. The van der Waals surface area contributed by atoms with E-state index in [1.807, 2.05) is 13.8 Å². The van der Waals surface area contributed by atoms with Gasteiger partial charge in [-0.3, -0.25) is 9.89 Å². The van der Waals surface area contributed by atoms with E-state index in [1.54, 1.807) is 0 Å². The lowest BCUT2D eigenvalue weighted by molar-refractivity contribution is -0.113. The van der Waals surface area contributed by atoms with Crippen LogP contribution < -0.4 is 5.32 Å². The minimum Gasteiger partial charge on any atom is -0.477 e. The van der Waals surface area contributed by atoms with Crippen molar-refractivity contribution >= 4 is 29.5 Å². The average molecular weight is 243 g/mol. The quantitative estimate of drug-likeness (QED) is 0.722. The number of carbonyl (C=O) groups excluding carboxylic acids is 1. The van der Waals surface area contributed by atoms with Crippen molar-refractivity contribution < 1.29 is 14.7 Å². The van der Waals surface area contributed by atoms with Gasteiger partial charge in [0.25, 0.3) is 0 Å². The van der Waals surface area contributed by atoms with Crippen LogP contribution in [0.1, 0.15) is 24.3 Å². The standard InChI is InChI=1S/C9H13N3O3S/c1-5(2)16-4-8(13)10-7-3-6(9(14)15)11-12-7/h3,5H,4H2,1-2H3,(H,14,15)(H2,10,11,12,13). The van der Waals surface area contributed by atoms with Gasteiger partial charge in [-0.1, -0.05) is 13.8 Å². The SMILES string of the molecule is CC(C)SCC(=O)Nc1cc(C(=O)O)[nH]n1. The van der Waals surface area contributed by atoms with Crippen LogP contribution in [0, 0.1) is 0 Å². The van der Waals surface area contributed by atoms with E-state index in [-0.39, 0.29) is 17.4 Å². The normalized spacial score (nSPS) is 10.4. The molecule has 1 aromatic rings. The zero-order valence-electron chi connectivity index (χ0n) is 8.98. The van der Waals surface area contributed by atoms with Crippen molar-refractivity contribution in [1.82, 2.24) is 10.2 Å². The lowest BCUT2D eigenvalue weighted by Gasteiger charge is -2.03. The molecule has 0 fully saturated rings. The van der Waals surface area contributed by atoms with Crippen LogP contribution in [-0.2, 0) is 4.79 Å². The number of aromatic carboxylic acids is 1. The number of carboxylic acid groups (broad SMARTS) is 1. The minimum absolute atomic E-state index is 0.0492. The number of carboxylic acids is 1. The largest absolute Gasteiger partial charge is 0.477 e. The molecule has 0 aliphatic carbocycles. The summed E-state index contributed by atoms with van der Waals surface area (Å²) in [5, 5.41) is 17.5. The molecule has 7 heteroatoms. The molecule has 3 N–H and O–H groups in total. The molecular weight excluding hydrogens is 230 g/mol. The van der Waals surface area contributed by atoms with E-state index in [0.717, 1.165) is 0 Å². The van der Waals surface area contributed by atoms with Gasteiger partial charge < -0.3 is 10.4 Å². The number of H-pyrrole nitrogens is 1.